The largest absolute Gasteiger partial charge is 0.217 e. The van der Waals surface area contributed by atoms with Gasteiger partial charge in [-0.2, -0.15) is 8.42 Å². The van der Waals surface area contributed by atoms with Crippen LogP contribution in [0, 0.1) is 0 Å². The zero-order chi connectivity index (χ0) is 11.4. The van der Waals surface area contributed by atoms with E-state index in [1.54, 1.807) is 6.08 Å². The van der Waals surface area contributed by atoms with Gasteiger partial charge in [0.1, 0.15) is 0 Å². The number of hydrogen-bond donors (Lipinski definition) is 0. The van der Waals surface area contributed by atoms with Gasteiger partial charge in [0.05, 0.1) is 4.86 Å². The molecule has 18 heavy (non-hydrogen) atoms. The van der Waals surface area contributed by atoms with E-state index in [0.717, 1.165) is 0 Å². The molecule has 1 aromatic rings. The van der Waals surface area contributed by atoms with Gasteiger partial charge in [-0.25, -0.2) is 0 Å². The second-order valence-corrected chi connectivity index (χ2v) is 5.79. The van der Waals surface area contributed by atoms with Crippen LogP contribution >= 0.6 is 8.58 Å². The third-order valence-corrected chi connectivity index (χ3v) is 4.26. The van der Waals surface area contributed by atoms with Crippen LogP contribution < -0.4 is 5.30 Å². The first kappa shape index (κ1) is 20.1. The summed E-state index contributed by atoms with van der Waals surface area (Å²) in [6, 6.07) is 10.2. The normalized spacial score (nSPS) is 13.8. The smallest absolute Gasteiger partial charge is 0.184 e. The molecule has 2 radical (unpaired) electrons. The minimum absolute atomic E-state index is 0. The van der Waals surface area contributed by atoms with E-state index in [1.807, 2.05) is 30.4 Å². The molecule has 2 rings (SSSR count). The molecule has 1 aromatic carbocycles. The van der Waals surface area contributed by atoms with Gasteiger partial charge in [0, 0.05) is 109 Å². The standard InChI is InChI=1S/C12H11O2PS.2K/c13-16(14)12-8-6-11(7-9-12)15-10-4-2-1-3-5-10;;/h1-8,15H,9H2;;. The molecule has 0 saturated carbocycles. The maximum absolute atomic E-state index is 10.7. The van der Waals surface area contributed by atoms with Crippen molar-refractivity contribution in [2.24, 2.45) is 0 Å². The Morgan fingerprint density at radius 3 is 2.17 bits per heavy atom. The summed E-state index contributed by atoms with van der Waals surface area (Å²) in [5.41, 5.74) is 0. The minimum Gasteiger partial charge on any atom is -0.184 e. The number of benzene rings is 1. The van der Waals surface area contributed by atoms with Crippen molar-refractivity contribution in [1.82, 2.24) is 0 Å². The van der Waals surface area contributed by atoms with Crippen LogP contribution in [0.5, 0.6) is 0 Å². The van der Waals surface area contributed by atoms with Gasteiger partial charge in [-0.3, -0.25) is 0 Å². The molecular formula is C12H11K2O2PS. The molecular weight excluding hydrogens is 317 g/mol. The third-order valence-electron chi connectivity index (χ3n) is 2.25. The fourth-order valence-electron chi connectivity index (χ4n) is 1.43. The van der Waals surface area contributed by atoms with Crippen molar-refractivity contribution >= 4 is 132 Å². The van der Waals surface area contributed by atoms with E-state index >= 15 is 0 Å². The van der Waals surface area contributed by atoms with Crippen molar-refractivity contribution in [3.63, 3.8) is 0 Å². The molecule has 1 aliphatic carbocycles. The fourth-order valence-corrected chi connectivity index (χ4v) is 2.90. The van der Waals surface area contributed by atoms with E-state index in [0.29, 0.717) is 19.9 Å². The van der Waals surface area contributed by atoms with E-state index in [1.165, 1.54) is 10.6 Å². The molecule has 1 aliphatic rings. The number of allylic oxidation sites excluding steroid dienone is 4. The quantitative estimate of drug-likeness (QED) is 0.463. The minimum atomic E-state index is -2.08. The zero-order valence-corrected chi connectivity index (χ0v) is 18.6. The summed E-state index contributed by atoms with van der Waals surface area (Å²) in [6.07, 6.45) is 6.08. The average Bonchev–Trinajstić information content (AvgIpc) is 2.31. The Labute approximate surface area is 196 Å². The first-order valence-electron chi connectivity index (χ1n) is 4.91. The van der Waals surface area contributed by atoms with Gasteiger partial charge in [-0.15, -0.1) is 0 Å². The van der Waals surface area contributed by atoms with Gasteiger partial charge in [-0.05, 0) is 16.7 Å². The van der Waals surface area contributed by atoms with E-state index in [9.17, 15) is 8.42 Å². The molecule has 2 nitrogen and oxygen atoms in total. The van der Waals surface area contributed by atoms with Crippen LogP contribution in [0.2, 0.25) is 0 Å². The summed E-state index contributed by atoms with van der Waals surface area (Å²) >= 11 is 0. The zero-order valence-electron chi connectivity index (χ0n) is 10.6. The summed E-state index contributed by atoms with van der Waals surface area (Å²) in [7, 11) is -1.48. The predicted molar refractivity (Wildman–Crippen MR) is 81.7 cm³/mol. The van der Waals surface area contributed by atoms with Crippen LogP contribution in [0.15, 0.2) is 53.9 Å². The molecule has 1 unspecified atom stereocenters. The SMILES string of the molecule is O=S(=O)=C1C=CC(Pc2ccccc2)=CC1.[K].[K]. The van der Waals surface area contributed by atoms with Crippen LogP contribution in [0.25, 0.3) is 0 Å². The van der Waals surface area contributed by atoms with Gasteiger partial charge in [0.15, 0.2) is 0 Å². The Morgan fingerprint density at radius 1 is 1.00 bits per heavy atom. The summed E-state index contributed by atoms with van der Waals surface area (Å²) < 4.78 is 21.4. The van der Waals surface area contributed by atoms with Gasteiger partial charge >= 0.3 is 0 Å². The first-order chi connectivity index (χ1) is 7.75. The molecule has 0 amide bonds. The second kappa shape index (κ2) is 10.8. The summed E-state index contributed by atoms with van der Waals surface area (Å²) in [6.45, 7) is 0. The van der Waals surface area contributed by atoms with Gasteiger partial charge < -0.3 is 0 Å². The van der Waals surface area contributed by atoms with Crippen molar-refractivity contribution < 1.29 is 8.42 Å². The fraction of sp³-hybridized carbons (Fsp3) is 0.0833. The Morgan fingerprint density at radius 2 is 1.67 bits per heavy atom. The molecule has 0 fully saturated rings. The average molecular weight is 328 g/mol. The molecule has 0 bridgehead atoms. The van der Waals surface area contributed by atoms with E-state index in [4.69, 9.17) is 0 Å². The predicted octanol–water partition coefficient (Wildman–Crippen LogP) is 1.12. The second-order valence-electron chi connectivity index (χ2n) is 3.39. The van der Waals surface area contributed by atoms with Crippen LogP contribution in [0.4, 0.5) is 0 Å². The maximum Gasteiger partial charge on any atom is 0.217 e. The van der Waals surface area contributed by atoms with Gasteiger partial charge in [0.25, 0.3) is 0 Å². The van der Waals surface area contributed by atoms with Crippen molar-refractivity contribution in [2.45, 2.75) is 6.42 Å². The van der Waals surface area contributed by atoms with Gasteiger partial charge in [0.2, 0.25) is 10.3 Å². The summed E-state index contributed by atoms with van der Waals surface area (Å²) in [4.78, 5) is 0.460. The molecule has 0 spiro atoms. The van der Waals surface area contributed by atoms with E-state index in [-0.39, 0.29) is 103 Å². The molecule has 6 heteroatoms. The molecule has 0 aliphatic heterocycles. The molecule has 84 valence electrons. The van der Waals surface area contributed by atoms with Gasteiger partial charge in [-0.1, -0.05) is 51.1 Å². The van der Waals surface area contributed by atoms with Crippen molar-refractivity contribution in [2.75, 3.05) is 0 Å². The molecule has 0 heterocycles. The first-order valence-corrected chi connectivity index (χ1v) is 6.98. The van der Waals surface area contributed by atoms with Crippen molar-refractivity contribution in [1.29, 1.82) is 0 Å². The maximum atomic E-state index is 10.7. The third kappa shape index (κ3) is 6.70. The molecule has 0 aromatic heterocycles. The molecule has 0 N–H and O–H groups in total. The van der Waals surface area contributed by atoms with Crippen LogP contribution in [-0.2, 0) is 10.3 Å². The Kier molecular flexibility index (Phi) is 12.0. The molecule has 0 saturated heterocycles. The van der Waals surface area contributed by atoms with Crippen LogP contribution in [0.1, 0.15) is 6.42 Å². The topological polar surface area (TPSA) is 34.1 Å². The van der Waals surface area contributed by atoms with Crippen molar-refractivity contribution in [3.8, 4) is 0 Å². The van der Waals surface area contributed by atoms with Crippen molar-refractivity contribution in [3.05, 3.63) is 53.9 Å². The van der Waals surface area contributed by atoms with E-state index in [2.05, 4.69) is 12.1 Å². The Balaban J connectivity index is 0.00000144. The summed E-state index contributed by atoms with van der Waals surface area (Å²) in [5, 5.41) is 2.46. The number of rotatable bonds is 2. The van der Waals surface area contributed by atoms with E-state index < -0.39 is 10.3 Å². The summed E-state index contributed by atoms with van der Waals surface area (Å²) in [5.74, 6) is 0. The number of hydrogen-bond acceptors (Lipinski definition) is 2. The van der Waals surface area contributed by atoms with Crippen LogP contribution in [-0.4, -0.2) is 116 Å². The monoisotopic (exact) mass is 328 g/mol. The Bertz CT molecular complexity index is 569. The Hall–Kier alpha value is 2.09. The van der Waals surface area contributed by atoms with Crippen LogP contribution in [0.3, 0.4) is 0 Å². The molecule has 1 atom stereocenters.